The zero-order valence-electron chi connectivity index (χ0n) is 9.88. The van der Waals surface area contributed by atoms with Crippen LogP contribution in [0.4, 0.5) is 0 Å². The fourth-order valence-corrected chi connectivity index (χ4v) is 1.33. The molecule has 0 radical (unpaired) electrons. The smallest absolute Gasteiger partial charge is 0.373 e. The topological polar surface area (TPSA) is 65.2 Å². The number of ether oxygens (including phenoxy) is 1. The molecule has 1 aliphatic heterocycles. The maximum absolute atomic E-state index is 8.56. The second-order valence-electron chi connectivity index (χ2n) is 3.51. The molecule has 0 aromatic carbocycles. The molecule has 7 heteroatoms. The summed E-state index contributed by atoms with van der Waals surface area (Å²) in [5.41, 5.74) is 0. The van der Waals surface area contributed by atoms with Crippen molar-refractivity contribution in [3.8, 4) is 6.07 Å². The summed E-state index contributed by atoms with van der Waals surface area (Å²) in [4.78, 5) is 10.0. The lowest BCUT2D eigenvalue weighted by Crippen LogP contribution is -2.44. The minimum atomic E-state index is -0.322. The van der Waals surface area contributed by atoms with Gasteiger partial charge in [0.15, 0.2) is 0 Å². The number of hydrogen-bond donors (Lipinski definition) is 0. The van der Waals surface area contributed by atoms with Gasteiger partial charge in [0.1, 0.15) is 19.2 Å². The molecule has 0 unspecified atom stereocenters. The van der Waals surface area contributed by atoms with Crippen molar-refractivity contribution in [1.29, 1.82) is 5.26 Å². The Hall–Kier alpha value is -2.12. The van der Waals surface area contributed by atoms with Gasteiger partial charge < -0.3 is 9.58 Å². The van der Waals surface area contributed by atoms with E-state index in [0.717, 1.165) is 0 Å². The number of rotatable bonds is 1. The molecule has 0 aliphatic carbocycles. The predicted octanol–water partition coefficient (Wildman–Crippen LogP) is -0.280. The third kappa shape index (κ3) is 3.74. The van der Waals surface area contributed by atoms with Crippen LogP contribution in [0.3, 0.4) is 0 Å². The van der Waals surface area contributed by atoms with Gasteiger partial charge in [-0.15, -0.1) is 0 Å². The summed E-state index contributed by atoms with van der Waals surface area (Å²) in [7, 11) is 3.62. The van der Waals surface area contributed by atoms with E-state index in [0.29, 0.717) is 32.3 Å². The van der Waals surface area contributed by atoms with Crippen molar-refractivity contribution in [1.82, 2.24) is 4.90 Å². The molecule has 0 saturated carbocycles. The van der Waals surface area contributed by atoms with E-state index in [2.05, 4.69) is 10.0 Å². The molecule has 1 rings (SSSR count). The standard InChI is InChI=1S/C10H14N5O2/c1-12-9(8-11)13-17-10(14(2)3)15-4-6-16-7-5-15/h4-7H2,2-3H3/q+1/b13-9+. The average molecular weight is 236 g/mol. The monoisotopic (exact) mass is 236 g/mol. The minimum Gasteiger partial charge on any atom is -0.373 e. The Bertz CT molecular complexity index is 389. The summed E-state index contributed by atoms with van der Waals surface area (Å²) in [6.07, 6.45) is 0. The van der Waals surface area contributed by atoms with Gasteiger partial charge in [0, 0.05) is 0 Å². The third-order valence-electron chi connectivity index (χ3n) is 2.08. The molecule has 0 bridgehead atoms. The van der Waals surface area contributed by atoms with Gasteiger partial charge in [0.2, 0.25) is 0 Å². The van der Waals surface area contributed by atoms with E-state index >= 15 is 0 Å². The molecule has 0 amide bonds. The minimum absolute atomic E-state index is 0.322. The summed E-state index contributed by atoms with van der Waals surface area (Å²) in [5, 5.41) is 12.1. The molecular formula is C10H14N5O2+. The highest BCUT2D eigenvalue weighted by atomic mass is 16.7. The van der Waals surface area contributed by atoms with Gasteiger partial charge in [-0.05, 0) is 0 Å². The van der Waals surface area contributed by atoms with Gasteiger partial charge in [0.25, 0.3) is 0 Å². The molecule has 1 saturated heterocycles. The van der Waals surface area contributed by atoms with Gasteiger partial charge in [-0.25, -0.2) is 14.7 Å². The lowest BCUT2D eigenvalue weighted by atomic mass is 10.4. The van der Waals surface area contributed by atoms with Crippen molar-refractivity contribution >= 4 is 11.9 Å². The van der Waals surface area contributed by atoms with Crippen LogP contribution in [-0.4, -0.2) is 61.7 Å². The molecule has 7 nitrogen and oxygen atoms in total. The largest absolute Gasteiger partial charge is 0.492 e. The molecule has 90 valence electrons. The molecule has 0 spiro atoms. The Morgan fingerprint density at radius 2 is 2.18 bits per heavy atom. The lowest BCUT2D eigenvalue weighted by molar-refractivity contribution is -0.481. The maximum Gasteiger partial charge on any atom is 0.492 e. The van der Waals surface area contributed by atoms with Crippen LogP contribution >= 0.6 is 0 Å². The highest BCUT2D eigenvalue weighted by Gasteiger charge is 2.27. The van der Waals surface area contributed by atoms with Gasteiger partial charge in [-0.1, -0.05) is 6.57 Å². The van der Waals surface area contributed by atoms with E-state index in [9.17, 15) is 0 Å². The van der Waals surface area contributed by atoms with Crippen molar-refractivity contribution in [2.24, 2.45) is 5.16 Å². The average Bonchev–Trinajstić information content (AvgIpc) is 2.35. The molecule has 1 heterocycles. The highest BCUT2D eigenvalue weighted by molar-refractivity contribution is 6.03. The van der Waals surface area contributed by atoms with E-state index in [-0.39, 0.29) is 5.84 Å². The van der Waals surface area contributed by atoms with E-state index in [1.165, 1.54) is 0 Å². The van der Waals surface area contributed by atoms with Crippen molar-refractivity contribution < 1.29 is 14.1 Å². The molecule has 1 aliphatic rings. The zero-order chi connectivity index (χ0) is 12.7. The van der Waals surface area contributed by atoms with E-state index in [1.54, 1.807) is 10.6 Å². The van der Waals surface area contributed by atoms with Gasteiger partial charge in [0.05, 0.1) is 32.5 Å². The first-order chi connectivity index (χ1) is 8.19. The summed E-state index contributed by atoms with van der Waals surface area (Å²) >= 11 is 0. The Morgan fingerprint density at radius 1 is 1.53 bits per heavy atom. The fraction of sp³-hybridized carbons (Fsp3) is 0.600. The number of hydrogen-bond acceptors (Lipinski definition) is 4. The molecule has 0 aromatic heterocycles. The summed E-state index contributed by atoms with van der Waals surface area (Å²) < 4.78 is 6.98. The number of nitriles is 1. The van der Waals surface area contributed by atoms with Crippen molar-refractivity contribution in [3.05, 3.63) is 11.4 Å². The second-order valence-corrected chi connectivity index (χ2v) is 3.51. The number of amidine groups is 2. The fourth-order valence-electron chi connectivity index (χ4n) is 1.33. The normalized spacial score (nSPS) is 15.8. The van der Waals surface area contributed by atoms with Crippen LogP contribution in [0, 0.1) is 17.9 Å². The van der Waals surface area contributed by atoms with Crippen LogP contribution < -0.4 is 0 Å². The van der Waals surface area contributed by atoms with Gasteiger partial charge in [-0.2, -0.15) is 4.84 Å². The van der Waals surface area contributed by atoms with Crippen LogP contribution in [-0.2, 0) is 9.57 Å². The number of morpholine rings is 1. The summed E-state index contributed by atoms with van der Waals surface area (Å²) in [6.45, 7) is 9.33. The lowest BCUT2D eigenvalue weighted by Gasteiger charge is -2.20. The highest BCUT2D eigenvalue weighted by Crippen LogP contribution is 2.00. The molecule has 17 heavy (non-hydrogen) atoms. The predicted molar refractivity (Wildman–Crippen MR) is 60.2 cm³/mol. The molecular weight excluding hydrogens is 222 g/mol. The first-order valence-electron chi connectivity index (χ1n) is 5.08. The van der Waals surface area contributed by atoms with Crippen LogP contribution in [0.2, 0.25) is 0 Å². The van der Waals surface area contributed by atoms with E-state index in [4.69, 9.17) is 21.4 Å². The third-order valence-corrected chi connectivity index (χ3v) is 2.08. The quantitative estimate of drug-likeness (QED) is 0.206. The van der Waals surface area contributed by atoms with Crippen LogP contribution in [0.5, 0.6) is 0 Å². The molecule has 0 aromatic rings. The summed E-state index contributed by atoms with van der Waals surface area (Å²) in [6, 6.07) is 2.15. The van der Waals surface area contributed by atoms with Crippen LogP contribution in [0.25, 0.3) is 4.85 Å². The van der Waals surface area contributed by atoms with Crippen molar-refractivity contribution in [2.75, 3.05) is 40.4 Å². The molecule has 0 N–H and O–H groups in total. The van der Waals surface area contributed by atoms with Crippen LogP contribution in [0.1, 0.15) is 0 Å². The first-order valence-corrected chi connectivity index (χ1v) is 5.08. The molecule has 0 atom stereocenters. The summed E-state index contributed by atoms with van der Waals surface area (Å²) in [5.74, 6) is -0.322. The number of oxime groups is 1. The Labute approximate surface area is 100.0 Å². The molecule has 1 fully saturated rings. The van der Waals surface area contributed by atoms with E-state index in [1.807, 2.05) is 19.0 Å². The van der Waals surface area contributed by atoms with Crippen molar-refractivity contribution in [2.45, 2.75) is 0 Å². The Morgan fingerprint density at radius 3 is 2.65 bits per heavy atom. The number of nitrogens with zero attached hydrogens (tertiary/aromatic N) is 5. The zero-order valence-corrected chi connectivity index (χ0v) is 9.88. The van der Waals surface area contributed by atoms with Crippen molar-refractivity contribution in [3.63, 3.8) is 0 Å². The second kappa shape index (κ2) is 6.46. The SMILES string of the molecule is [C-]#[N+]/C(C#N)=N/OC(N1CCOCC1)=[N+](C)C. The Balaban J connectivity index is 2.76. The van der Waals surface area contributed by atoms with Gasteiger partial charge in [-0.3, -0.25) is 0 Å². The Kier molecular flexibility index (Phi) is 4.92. The van der Waals surface area contributed by atoms with E-state index < -0.39 is 0 Å². The van der Waals surface area contributed by atoms with Gasteiger partial charge >= 0.3 is 11.9 Å². The van der Waals surface area contributed by atoms with Crippen LogP contribution in [0.15, 0.2) is 5.16 Å². The first kappa shape index (κ1) is 12.9. The maximum atomic E-state index is 8.56.